The van der Waals surface area contributed by atoms with Gasteiger partial charge in [-0.05, 0) is 41.0 Å². The van der Waals surface area contributed by atoms with Crippen molar-refractivity contribution in [3.63, 3.8) is 0 Å². The molecule has 196 valence electrons. The zero-order valence-corrected chi connectivity index (χ0v) is 20.8. The van der Waals surface area contributed by atoms with Crippen LogP contribution in [0.4, 0.5) is 4.79 Å². The van der Waals surface area contributed by atoms with Crippen molar-refractivity contribution in [2.75, 3.05) is 38.6 Å². The van der Waals surface area contributed by atoms with E-state index in [0.29, 0.717) is 0 Å². The highest BCUT2D eigenvalue weighted by Crippen LogP contribution is 2.06. The number of nitrogens with one attached hydrogen (secondary N) is 4. The molecule has 0 rings (SSSR count). The second-order valence-corrected chi connectivity index (χ2v) is 9.58. The Labute approximate surface area is 198 Å². The Bertz CT molecular complexity index is 805. The van der Waals surface area contributed by atoms with E-state index >= 15 is 0 Å². The van der Waals surface area contributed by atoms with Crippen molar-refractivity contribution in [3.8, 4) is 0 Å². The molecule has 4 N–H and O–H groups in total. The lowest BCUT2D eigenvalue weighted by molar-refractivity contribution is -0.157. The minimum absolute atomic E-state index is 0.0480. The lowest BCUT2D eigenvalue weighted by atomic mass is 10.2. The van der Waals surface area contributed by atoms with Gasteiger partial charge in [-0.1, -0.05) is 0 Å². The second kappa shape index (κ2) is 15.1. The highest BCUT2D eigenvalue weighted by atomic mass is 32.2. The van der Waals surface area contributed by atoms with Crippen LogP contribution >= 0.6 is 0 Å². The molecule has 0 aliphatic carbocycles. The average Bonchev–Trinajstić information content (AvgIpc) is 2.71. The highest BCUT2D eigenvalue weighted by Gasteiger charge is 2.33. The van der Waals surface area contributed by atoms with Crippen LogP contribution in [0.25, 0.3) is 0 Å². The Morgan fingerprint density at radius 3 is 1.82 bits per heavy atom. The van der Waals surface area contributed by atoms with E-state index in [2.05, 4.69) is 25.4 Å². The van der Waals surface area contributed by atoms with E-state index in [1.54, 1.807) is 20.8 Å². The number of alkyl carbamates (subject to hydrolysis) is 1. The van der Waals surface area contributed by atoms with E-state index in [-0.39, 0.29) is 26.2 Å². The number of carbonyl (C=O) groups is 5. The summed E-state index contributed by atoms with van der Waals surface area (Å²) in [6.07, 6.45) is -0.830. The van der Waals surface area contributed by atoms with Crippen LogP contribution in [0.5, 0.6) is 0 Å². The Kier molecular flexibility index (Phi) is 13.8. The maximum absolute atomic E-state index is 12.2. The molecule has 0 radical (unpaired) electrons. The van der Waals surface area contributed by atoms with Crippen LogP contribution in [-0.2, 0) is 43.4 Å². The van der Waals surface area contributed by atoms with Gasteiger partial charge in [0, 0.05) is 6.54 Å². The predicted octanol–water partition coefficient (Wildman–Crippen LogP) is -1.45. The molecule has 0 aliphatic rings. The molecule has 14 nitrogen and oxygen atoms in total. The molecule has 0 aromatic heterocycles. The summed E-state index contributed by atoms with van der Waals surface area (Å²) in [7, 11) is -4.08. The van der Waals surface area contributed by atoms with Gasteiger partial charge in [0.1, 0.15) is 12.1 Å². The molecule has 34 heavy (non-hydrogen) atoms. The third-order valence-corrected chi connectivity index (χ3v) is 4.91. The van der Waals surface area contributed by atoms with Crippen LogP contribution in [0, 0.1) is 0 Å². The fourth-order valence-electron chi connectivity index (χ4n) is 2.14. The molecule has 0 unspecified atom stereocenters. The maximum Gasteiger partial charge on any atom is 0.408 e. The van der Waals surface area contributed by atoms with Crippen molar-refractivity contribution < 1.29 is 46.6 Å². The maximum atomic E-state index is 12.2. The van der Waals surface area contributed by atoms with Crippen molar-refractivity contribution in [1.29, 1.82) is 0 Å². The summed E-state index contributed by atoms with van der Waals surface area (Å²) in [6.45, 7) is 7.02. The molecule has 0 aliphatic heterocycles. The van der Waals surface area contributed by atoms with Gasteiger partial charge in [0.2, 0.25) is 27.9 Å². The van der Waals surface area contributed by atoms with E-state index in [9.17, 15) is 32.4 Å². The fourth-order valence-corrected chi connectivity index (χ4v) is 3.34. The average molecular weight is 511 g/mol. The quantitative estimate of drug-likeness (QED) is 0.0928. The molecule has 0 atom stereocenters. The van der Waals surface area contributed by atoms with Crippen LogP contribution in [-0.4, -0.2) is 88.5 Å². The van der Waals surface area contributed by atoms with Crippen LogP contribution in [0.15, 0.2) is 0 Å². The molecule has 0 saturated carbocycles. The summed E-state index contributed by atoms with van der Waals surface area (Å²) in [5.41, 5.74) is -0.720. The van der Waals surface area contributed by atoms with Gasteiger partial charge >= 0.3 is 18.0 Å². The molecule has 0 heterocycles. The highest BCUT2D eigenvalue weighted by molar-refractivity contribution is 7.89. The van der Waals surface area contributed by atoms with Gasteiger partial charge < -0.3 is 30.2 Å². The second-order valence-electron chi connectivity index (χ2n) is 7.71. The fraction of sp³-hybridized carbons (Fsp3) is 0.737. The largest absolute Gasteiger partial charge is 0.464 e. The van der Waals surface area contributed by atoms with E-state index in [4.69, 9.17) is 4.74 Å². The van der Waals surface area contributed by atoms with Crippen molar-refractivity contribution in [2.45, 2.75) is 52.7 Å². The molecule has 15 heteroatoms. The molecule has 3 amide bonds. The molecule has 0 aromatic rings. The van der Waals surface area contributed by atoms with Gasteiger partial charge in [-0.3, -0.25) is 9.59 Å². The standard InChI is InChI=1S/C19H34N4O10S/c1-6-31-16(26)15(17(27)32-7-2)23-34(29,30)10-8-9-20-13(24)11-21-14(25)12-22-18(28)33-19(3,4)5/h15,23H,6-12H2,1-5H3,(H,20,24)(H,21,25)(H,22,28). The third kappa shape index (κ3) is 15.0. The Morgan fingerprint density at radius 1 is 0.824 bits per heavy atom. The Hall–Kier alpha value is -2.94. The first kappa shape index (κ1) is 31.1. The lowest BCUT2D eigenvalue weighted by Gasteiger charge is -2.19. The molecular formula is C19H34N4O10S. The van der Waals surface area contributed by atoms with E-state index in [0.717, 1.165) is 0 Å². The minimum atomic E-state index is -4.08. The van der Waals surface area contributed by atoms with E-state index < -0.39 is 70.4 Å². The summed E-state index contributed by atoms with van der Waals surface area (Å²) in [5.74, 6) is -3.90. The van der Waals surface area contributed by atoms with Gasteiger partial charge in [0.25, 0.3) is 0 Å². The zero-order chi connectivity index (χ0) is 26.4. The number of carbonyl (C=O) groups excluding carboxylic acids is 5. The molecule has 0 spiro atoms. The Morgan fingerprint density at radius 2 is 1.32 bits per heavy atom. The molecule has 0 aromatic carbocycles. The summed E-state index contributed by atoms with van der Waals surface area (Å²) < 4.78 is 40.7. The number of amides is 3. The van der Waals surface area contributed by atoms with Crippen LogP contribution in [0.3, 0.4) is 0 Å². The van der Waals surface area contributed by atoms with Crippen molar-refractivity contribution in [1.82, 2.24) is 20.7 Å². The zero-order valence-electron chi connectivity index (χ0n) is 20.0. The summed E-state index contributed by atoms with van der Waals surface area (Å²) in [4.78, 5) is 58.6. The van der Waals surface area contributed by atoms with Gasteiger partial charge in [-0.25, -0.2) is 22.8 Å². The number of sulfonamides is 1. The number of ether oxygens (including phenoxy) is 3. The van der Waals surface area contributed by atoms with Crippen molar-refractivity contribution >= 4 is 39.9 Å². The van der Waals surface area contributed by atoms with Gasteiger partial charge in [0.05, 0.1) is 25.5 Å². The first-order valence-electron chi connectivity index (χ1n) is 10.5. The first-order valence-corrected chi connectivity index (χ1v) is 12.2. The first-order chi connectivity index (χ1) is 15.7. The van der Waals surface area contributed by atoms with Crippen molar-refractivity contribution in [2.24, 2.45) is 0 Å². The van der Waals surface area contributed by atoms with Crippen LogP contribution in [0.1, 0.15) is 41.0 Å². The lowest BCUT2D eigenvalue weighted by Crippen LogP contribution is -2.49. The van der Waals surface area contributed by atoms with Crippen LogP contribution in [0.2, 0.25) is 0 Å². The summed E-state index contributed by atoms with van der Waals surface area (Å²) in [6, 6.07) is -1.83. The number of hydrogen-bond donors (Lipinski definition) is 4. The minimum Gasteiger partial charge on any atom is -0.464 e. The molecule has 0 bridgehead atoms. The van der Waals surface area contributed by atoms with E-state index in [1.165, 1.54) is 13.8 Å². The number of hydrogen-bond acceptors (Lipinski definition) is 10. The summed E-state index contributed by atoms with van der Waals surface area (Å²) >= 11 is 0. The molecule has 0 fully saturated rings. The van der Waals surface area contributed by atoms with Gasteiger partial charge in [0.15, 0.2) is 0 Å². The molecular weight excluding hydrogens is 476 g/mol. The van der Waals surface area contributed by atoms with Gasteiger partial charge in [-0.15, -0.1) is 0 Å². The molecule has 0 saturated heterocycles. The smallest absolute Gasteiger partial charge is 0.408 e. The topological polar surface area (TPSA) is 195 Å². The van der Waals surface area contributed by atoms with Crippen molar-refractivity contribution in [3.05, 3.63) is 0 Å². The number of esters is 2. The van der Waals surface area contributed by atoms with E-state index in [1.807, 2.05) is 4.72 Å². The number of rotatable bonds is 14. The predicted molar refractivity (Wildman–Crippen MR) is 119 cm³/mol. The SMILES string of the molecule is CCOC(=O)C(NS(=O)(=O)CCCNC(=O)CNC(=O)CNC(=O)OC(C)(C)C)C(=O)OCC. The normalized spacial score (nSPS) is 11.4. The van der Waals surface area contributed by atoms with Crippen LogP contribution < -0.4 is 20.7 Å². The third-order valence-electron chi connectivity index (χ3n) is 3.49. The van der Waals surface area contributed by atoms with Gasteiger partial charge in [-0.2, -0.15) is 4.72 Å². The Balaban J connectivity index is 4.36. The monoisotopic (exact) mass is 510 g/mol. The summed E-state index contributed by atoms with van der Waals surface area (Å²) in [5, 5.41) is 6.92.